The molecule has 0 bridgehead atoms. The third kappa shape index (κ3) is 2.55. The lowest BCUT2D eigenvalue weighted by atomic mass is 9.85. The number of rotatable bonds is 4. The van der Waals surface area contributed by atoms with Crippen LogP contribution in [-0.4, -0.2) is 23.3 Å². The van der Waals surface area contributed by atoms with Crippen molar-refractivity contribution in [2.75, 3.05) is 16.8 Å². The summed E-state index contributed by atoms with van der Waals surface area (Å²) < 4.78 is 5.01. The van der Waals surface area contributed by atoms with E-state index in [1.165, 1.54) is 29.4 Å². The van der Waals surface area contributed by atoms with Crippen LogP contribution >= 0.6 is 0 Å². The molecule has 0 saturated heterocycles. The predicted molar refractivity (Wildman–Crippen MR) is 90.8 cm³/mol. The fraction of sp³-hybridized carbons (Fsp3) is 0.294. The fourth-order valence-electron chi connectivity index (χ4n) is 3.02. The van der Waals surface area contributed by atoms with E-state index in [-0.39, 0.29) is 23.0 Å². The average molecular weight is 343 g/mol. The molecule has 0 fully saturated rings. The Morgan fingerprint density at radius 2 is 2.12 bits per heavy atom. The molecule has 8 nitrogen and oxygen atoms in total. The highest BCUT2D eigenvalue weighted by atomic mass is 16.6. The number of nitrogens with zero attached hydrogens (tertiary/aromatic N) is 2. The van der Waals surface area contributed by atoms with E-state index in [1.54, 1.807) is 19.9 Å². The van der Waals surface area contributed by atoms with Crippen LogP contribution in [0.25, 0.3) is 0 Å². The molecule has 2 amide bonds. The fourth-order valence-corrected chi connectivity index (χ4v) is 3.02. The molecular formula is C17H17N3O5. The van der Waals surface area contributed by atoms with E-state index >= 15 is 0 Å². The van der Waals surface area contributed by atoms with Crippen LogP contribution < -0.4 is 10.2 Å². The normalized spacial score (nSPS) is 15.2. The van der Waals surface area contributed by atoms with Gasteiger partial charge in [-0.3, -0.25) is 19.7 Å². The first kappa shape index (κ1) is 16.7. The second-order valence-electron chi connectivity index (χ2n) is 6.25. The molecular weight excluding hydrogens is 326 g/mol. The maximum Gasteiger partial charge on any atom is 0.294 e. The summed E-state index contributed by atoms with van der Waals surface area (Å²) in [6.45, 7) is 5.73. The Morgan fingerprint density at radius 1 is 1.40 bits per heavy atom. The van der Waals surface area contributed by atoms with E-state index in [9.17, 15) is 19.7 Å². The minimum Gasteiger partial charge on any atom is -0.459 e. The largest absolute Gasteiger partial charge is 0.459 e. The summed E-state index contributed by atoms with van der Waals surface area (Å²) in [6.07, 6.45) is 1.34. The van der Waals surface area contributed by atoms with Crippen molar-refractivity contribution in [1.29, 1.82) is 0 Å². The van der Waals surface area contributed by atoms with E-state index < -0.39 is 16.2 Å². The summed E-state index contributed by atoms with van der Waals surface area (Å²) in [5.74, 6) is -0.684. The third-order valence-electron chi connectivity index (χ3n) is 4.36. The maximum absolute atomic E-state index is 12.6. The minimum atomic E-state index is -0.829. The summed E-state index contributed by atoms with van der Waals surface area (Å²) in [5.41, 5.74) is 0.0661. The zero-order valence-electron chi connectivity index (χ0n) is 14.0. The summed E-state index contributed by atoms with van der Waals surface area (Å²) >= 11 is 0. The van der Waals surface area contributed by atoms with Crippen LogP contribution in [0.3, 0.4) is 0 Å². The smallest absolute Gasteiger partial charge is 0.294 e. The second-order valence-corrected chi connectivity index (χ2v) is 6.25. The highest BCUT2D eigenvalue weighted by molar-refractivity contribution is 6.10. The number of hydrogen-bond donors (Lipinski definition) is 1. The van der Waals surface area contributed by atoms with Gasteiger partial charge in [-0.2, -0.15) is 0 Å². The molecule has 0 unspecified atom stereocenters. The van der Waals surface area contributed by atoms with Gasteiger partial charge < -0.3 is 14.6 Å². The number of hydrogen-bond acceptors (Lipinski definition) is 5. The lowest BCUT2D eigenvalue weighted by molar-refractivity contribution is -0.383. The molecule has 8 heteroatoms. The van der Waals surface area contributed by atoms with Crippen LogP contribution in [0, 0.1) is 10.1 Å². The van der Waals surface area contributed by atoms with Crippen molar-refractivity contribution < 1.29 is 18.9 Å². The van der Waals surface area contributed by atoms with Crippen molar-refractivity contribution in [3.63, 3.8) is 0 Å². The maximum atomic E-state index is 12.6. The Kier molecular flexibility index (Phi) is 3.82. The molecule has 1 aliphatic rings. The third-order valence-corrected chi connectivity index (χ3v) is 4.36. The van der Waals surface area contributed by atoms with Gasteiger partial charge in [-0.05, 0) is 44.5 Å². The van der Waals surface area contributed by atoms with Gasteiger partial charge in [-0.1, -0.05) is 0 Å². The van der Waals surface area contributed by atoms with E-state index in [2.05, 4.69) is 5.32 Å². The zero-order chi connectivity index (χ0) is 18.4. The van der Waals surface area contributed by atoms with E-state index in [0.717, 1.165) is 0 Å². The Hall–Kier alpha value is -3.16. The summed E-state index contributed by atoms with van der Waals surface area (Å²) in [4.78, 5) is 37.1. The first-order valence-electron chi connectivity index (χ1n) is 7.77. The van der Waals surface area contributed by atoms with E-state index in [0.29, 0.717) is 17.8 Å². The van der Waals surface area contributed by atoms with Gasteiger partial charge in [0.2, 0.25) is 5.91 Å². The van der Waals surface area contributed by atoms with Crippen molar-refractivity contribution in [3.05, 3.63) is 52.0 Å². The van der Waals surface area contributed by atoms with Gasteiger partial charge in [0.1, 0.15) is 5.69 Å². The zero-order valence-corrected chi connectivity index (χ0v) is 14.0. The number of nitrogens with one attached hydrogen (secondary N) is 1. The summed E-state index contributed by atoms with van der Waals surface area (Å²) in [7, 11) is 0. The van der Waals surface area contributed by atoms with Gasteiger partial charge >= 0.3 is 0 Å². The predicted octanol–water partition coefficient (Wildman–Crippen LogP) is 3.08. The first-order valence-corrected chi connectivity index (χ1v) is 7.77. The standard InChI is InChI=1S/C17H17N3O5/c1-4-19-12-9-13(20(23)24)11(8-10(12)17(2,3)16(19)22)18-15(21)14-6-5-7-25-14/h5-9H,4H2,1-3H3,(H,18,21). The van der Waals surface area contributed by atoms with Gasteiger partial charge in [-0.15, -0.1) is 0 Å². The molecule has 1 N–H and O–H groups in total. The number of anilines is 2. The topological polar surface area (TPSA) is 106 Å². The number of furan rings is 1. The minimum absolute atomic E-state index is 0.0315. The number of likely N-dealkylation sites (N-methyl/N-ethyl adjacent to an activating group) is 1. The van der Waals surface area contributed by atoms with Crippen LogP contribution in [0.1, 0.15) is 36.9 Å². The molecule has 0 spiro atoms. The van der Waals surface area contributed by atoms with Crippen molar-refractivity contribution >= 4 is 28.9 Å². The highest BCUT2D eigenvalue weighted by Crippen LogP contribution is 2.45. The number of amides is 2. The lowest BCUT2D eigenvalue weighted by Crippen LogP contribution is -2.35. The van der Waals surface area contributed by atoms with E-state index in [1.807, 2.05) is 6.92 Å². The quantitative estimate of drug-likeness (QED) is 0.678. The molecule has 1 aliphatic heterocycles. The molecule has 130 valence electrons. The van der Waals surface area contributed by atoms with Crippen LogP contribution in [0.2, 0.25) is 0 Å². The number of fused-ring (bicyclic) bond motifs is 1. The average Bonchev–Trinajstić information content (AvgIpc) is 3.15. The van der Waals surface area contributed by atoms with Crippen molar-refractivity contribution in [1.82, 2.24) is 0 Å². The molecule has 2 heterocycles. The van der Waals surface area contributed by atoms with Crippen molar-refractivity contribution in [2.24, 2.45) is 0 Å². The lowest BCUT2D eigenvalue weighted by Gasteiger charge is -2.18. The van der Waals surface area contributed by atoms with Gasteiger partial charge in [0, 0.05) is 12.6 Å². The molecule has 0 saturated carbocycles. The monoisotopic (exact) mass is 343 g/mol. The summed E-state index contributed by atoms with van der Waals surface area (Å²) in [6, 6.07) is 5.85. The van der Waals surface area contributed by atoms with Crippen molar-refractivity contribution in [2.45, 2.75) is 26.2 Å². The molecule has 2 aromatic rings. The Bertz CT molecular complexity index is 871. The second kappa shape index (κ2) is 5.73. The molecule has 0 atom stereocenters. The molecule has 25 heavy (non-hydrogen) atoms. The number of carbonyl (C=O) groups excluding carboxylic acids is 2. The summed E-state index contributed by atoms with van der Waals surface area (Å²) in [5, 5.41) is 14.0. The SMILES string of the molecule is CCN1C(=O)C(C)(C)c2cc(NC(=O)c3ccco3)c([N+](=O)[O-])cc21. The molecule has 1 aromatic carbocycles. The van der Waals surface area contributed by atoms with Crippen LogP contribution in [0.5, 0.6) is 0 Å². The molecule has 0 aliphatic carbocycles. The van der Waals surface area contributed by atoms with Crippen molar-refractivity contribution in [3.8, 4) is 0 Å². The molecule has 3 rings (SSSR count). The number of benzene rings is 1. The number of carbonyl (C=O) groups is 2. The molecule has 1 aromatic heterocycles. The number of nitro groups is 1. The first-order chi connectivity index (χ1) is 11.8. The van der Waals surface area contributed by atoms with Crippen LogP contribution in [-0.2, 0) is 10.2 Å². The Labute approximate surface area is 143 Å². The van der Waals surface area contributed by atoms with Crippen LogP contribution in [0.4, 0.5) is 17.1 Å². The molecule has 0 radical (unpaired) electrons. The van der Waals surface area contributed by atoms with Crippen LogP contribution in [0.15, 0.2) is 34.9 Å². The highest BCUT2D eigenvalue weighted by Gasteiger charge is 2.44. The van der Waals surface area contributed by atoms with Gasteiger partial charge in [0.15, 0.2) is 5.76 Å². The van der Waals surface area contributed by atoms with Gasteiger partial charge in [-0.25, -0.2) is 0 Å². The Balaban J connectivity index is 2.11. The van der Waals surface area contributed by atoms with E-state index in [4.69, 9.17) is 4.42 Å². The van der Waals surface area contributed by atoms with Gasteiger partial charge in [0.25, 0.3) is 11.6 Å². The van der Waals surface area contributed by atoms with Gasteiger partial charge in [0.05, 0.1) is 22.3 Å². The number of nitro benzene ring substituents is 1. The Morgan fingerprint density at radius 3 is 2.68 bits per heavy atom.